The summed E-state index contributed by atoms with van der Waals surface area (Å²) >= 11 is 0. The minimum absolute atomic E-state index is 0.0192. The molecule has 1 fully saturated rings. The Morgan fingerprint density at radius 1 is 1.13 bits per heavy atom. The van der Waals surface area contributed by atoms with Crippen LogP contribution in [0.1, 0.15) is 25.8 Å². The van der Waals surface area contributed by atoms with Crippen molar-refractivity contribution in [2.24, 2.45) is 5.92 Å². The van der Waals surface area contributed by atoms with Crippen LogP contribution in [0, 0.1) is 5.92 Å². The van der Waals surface area contributed by atoms with Gasteiger partial charge in [-0.2, -0.15) is 4.31 Å². The summed E-state index contributed by atoms with van der Waals surface area (Å²) in [5.41, 5.74) is 1.66. The van der Waals surface area contributed by atoms with E-state index in [1.807, 2.05) is 30.3 Å². The number of likely N-dealkylation sites (tertiary alicyclic amines) is 1. The van der Waals surface area contributed by atoms with Crippen LogP contribution in [0.2, 0.25) is 0 Å². The maximum atomic E-state index is 12.6. The second-order valence-corrected chi connectivity index (χ2v) is 10.1. The van der Waals surface area contributed by atoms with Crippen molar-refractivity contribution in [3.63, 3.8) is 0 Å². The molecule has 1 aliphatic rings. The lowest BCUT2D eigenvalue weighted by molar-refractivity contribution is -0.128. The lowest BCUT2D eigenvalue weighted by atomic mass is 10.1. The van der Waals surface area contributed by atoms with Crippen LogP contribution in [0.4, 0.5) is 5.69 Å². The van der Waals surface area contributed by atoms with Crippen molar-refractivity contribution in [2.45, 2.75) is 37.6 Å². The molecular weight excluding hydrogens is 414 g/mol. The highest BCUT2D eigenvalue weighted by Gasteiger charge is 2.34. The Labute approximate surface area is 184 Å². The van der Waals surface area contributed by atoms with Gasteiger partial charge in [0.1, 0.15) is 0 Å². The molecule has 2 amide bonds. The summed E-state index contributed by atoms with van der Waals surface area (Å²) in [5, 5.41) is 2.80. The van der Waals surface area contributed by atoms with Gasteiger partial charge in [0.2, 0.25) is 21.8 Å². The van der Waals surface area contributed by atoms with E-state index in [9.17, 15) is 18.0 Å². The lowest BCUT2D eigenvalue weighted by Gasteiger charge is -2.21. The fraction of sp³-hybridized carbons (Fsp3) is 0.391. The minimum atomic E-state index is -3.57. The number of benzene rings is 2. The molecule has 2 aromatic carbocycles. The second kappa shape index (κ2) is 9.62. The molecule has 7 nitrogen and oxygen atoms in total. The predicted molar refractivity (Wildman–Crippen MR) is 120 cm³/mol. The molecule has 1 heterocycles. The first kappa shape index (κ1) is 23.0. The van der Waals surface area contributed by atoms with Crippen LogP contribution in [0.25, 0.3) is 0 Å². The first-order valence-electron chi connectivity index (χ1n) is 10.4. The average Bonchev–Trinajstić information content (AvgIpc) is 3.13. The van der Waals surface area contributed by atoms with Crippen molar-refractivity contribution in [1.82, 2.24) is 9.21 Å². The van der Waals surface area contributed by atoms with Crippen LogP contribution in [-0.2, 0) is 26.0 Å². The maximum absolute atomic E-state index is 12.6. The molecule has 0 saturated carbocycles. The molecule has 3 rings (SSSR count). The van der Waals surface area contributed by atoms with Gasteiger partial charge < -0.3 is 10.2 Å². The van der Waals surface area contributed by atoms with Gasteiger partial charge in [0.25, 0.3) is 0 Å². The van der Waals surface area contributed by atoms with Crippen molar-refractivity contribution in [2.75, 3.05) is 25.5 Å². The Bertz CT molecular complexity index is 1020. The zero-order valence-corrected chi connectivity index (χ0v) is 18.9. The fourth-order valence-corrected chi connectivity index (χ4v) is 4.84. The molecule has 0 bridgehead atoms. The molecule has 0 aliphatic carbocycles. The van der Waals surface area contributed by atoms with E-state index in [1.165, 1.54) is 23.5 Å². The topological polar surface area (TPSA) is 86.8 Å². The average molecular weight is 444 g/mol. The number of nitrogens with one attached hydrogen (secondary N) is 1. The molecule has 0 radical (unpaired) electrons. The third-order valence-electron chi connectivity index (χ3n) is 5.62. The first-order valence-corrected chi connectivity index (χ1v) is 11.8. The standard InChI is InChI=1S/C23H29N3O4S/c1-17(2)25(3)31(29,30)21-11-9-20(10-12-21)24-23(28)19-15-22(27)26(16-19)14-13-18-7-5-4-6-8-18/h4-12,17,19H,13-16H2,1-3H3,(H,24,28)/t19-/m1/s1. The van der Waals surface area contributed by atoms with E-state index in [2.05, 4.69) is 5.32 Å². The van der Waals surface area contributed by atoms with Crippen LogP contribution in [-0.4, -0.2) is 55.6 Å². The van der Waals surface area contributed by atoms with E-state index in [0.29, 0.717) is 18.8 Å². The number of hydrogen-bond donors (Lipinski definition) is 1. The van der Waals surface area contributed by atoms with E-state index in [1.54, 1.807) is 30.9 Å². The third-order valence-corrected chi connectivity index (χ3v) is 7.67. The summed E-state index contributed by atoms with van der Waals surface area (Å²) in [7, 11) is -2.04. The van der Waals surface area contributed by atoms with Crippen molar-refractivity contribution < 1.29 is 18.0 Å². The number of carbonyl (C=O) groups excluding carboxylic acids is 2. The number of hydrogen-bond acceptors (Lipinski definition) is 4. The molecule has 31 heavy (non-hydrogen) atoms. The number of anilines is 1. The summed E-state index contributed by atoms with van der Waals surface area (Å²) in [6, 6.07) is 15.9. The molecule has 0 unspecified atom stereocenters. The molecule has 0 spiro atoms. The Morgan fingerprint density at radius 2 is 1.77 bits per heavy atom. The number of nitrogens with zero attached hydrogens (tertiary/aromatic N) is 2. The van der Waals surface area contributed by atoms with Gasteiger partial charge in [-0.25, -0.2) is 8.42 Å². The molecule has 1 aliphatic heterocycles. The highest BCUT2D eigenvalue weighted by atomic mass is 32.2. The van der Waals surface area contributed by atoms with E-state index in [-0.39, 0.29) is 29.2 Å². The lowest BCUT2D eigenvalue weighted by Crippen LogP contribution is -2.33. The Balaban J connectivity index is 1.57. The van der Waals surface area contributed by atoms with Crippen LogP contribution in [0.5, 0.6) is 0 Å². The summed E-state index contributed by atoms with van der Waals surface area (Å²) in [5.74, 6) is -0.668. The van der Waals surface area contributed by atoms with E-state index in [0.717, 1.165) is 12.0 Å². The van der Waals surface area contributed by atoms with Crippen molar-refractivity contribution >= 4 is 27.5 Å². The van der Waals surface area contributed by atoms with Gasteiger partial charge in [0.15, 0.2) is 0 Å². The largest absolute Gasteiger partial charge is 0.342 e. The van der Waals surface area contributed by atoms with Crippen LogP contribution < -0.4 is 5.32 Å². The number of amides is 2. The summed E-state index contributed by atoms with van der Waals surface area (Å²) in [6.07, 6.45) is 0.938. The molecule has 166 valence electrons. The van der Waals surface area contributed by atoms with Gasteiger partial charge in [-0.3, -0.25) is 9.59 Å². The molecule has 1 saturated heterocycles. The van der Waals surface area contributed by atoms with Gasteiger partial charge in [-0.1, -0.05) is 30.3 Å². The molecule has 2 aromatic rings. The maximum Gasteiger partial charge on any atom is 0.243 e. The molecule has 1 N–H and O–H groups in total. The molecule has 8 heteroatoms. The molecule has 0 aromatic heterocycles. The predicted octanol–water partition coefficient (Wildman–Crippen LogP) is 2.75. The van der Waals surface area contributed by atoms with Crippen molar-refractivity contribution in [3.8, 4) is 0 Å². The quantitative estimate of drug-likeness (QED) is 0.680. The van der Waals surface area contributed by atoms with Gasteiger partial charge in [-0.05, 0) is 50.1 Å². The molecular formula is C23H29N3O4S. The smallest absolute Gasteiger partial charge is 0.243 e. The number of carbonyl (C=O) groups is 2. The SMILES string of the molecule is CC(C)N(C)S(=O)(=O)c1ccc(NC(=O)[C@@H]2CC(=O)N(CCc3ccccc3)C2)cc1. The van der Waals surface area contributed by atoms with Gasteiger partial charge in [0.05, 0.1) is 10.8 Å². The summed E-state index contributed by atoms with van der Waals surface area (Å²) in [6.45, 7) is 4.59. The van der Waals surface area contributed by atoms with E-state index in [4.69, 9.17) is 0 Å². The Kier molecular flexibility index (Phi) is 7.12. The highest BCUT2D eigenvalue weighted by molar-refractivity contribution is 7.89. The summed E-state index contributed by atoms with van der Waals surface area (Å²) in [4.78, 5) is 26.9. The second-order valence-electron chi connectivity index (χ2n) is 8.11. The zero-order valence-electron chi connectivity index (χ0n) is 18.1. The van der Waals surface area contributed by atoms with Gasteiger partial charge in [0, 0.05) is 38.3 Å². The fourth-order valence-electron chi connectivity index (χ4n) is 3.47. The van der Waals surface area contributed by atoms with E-state index >= 15 is 0 Å². The monoisotopic (exact) mass is 443 g/mol. The normalized spacial score (nSPS) is 16.9. The van der Waals surface area contributed by atoms with Gasteiger partial charge >= 0.3 is 0 Å². The Morgan fingerprint density at radius 3 is 2.39 bits per heavy atom. The number of rotatable bonds is 8. The number of sulfonamides is 1. The zero-order chi connectivity index (χ0) is 22.6. The van der Waals surface area contributed by atoms with Crippen LogP contribution in [0.15, 0.2) is 59.5 Å². The minimum Gasteiger partial charge on any atom is -0.342 e. The summed E-state index contributed by atoms with van der Waals surface area (Å²) < 4.78 is 26.4. The highest BCUT2D eigenvalue weighted by Crippen LogP contribution is 2.22. The van der Waals surface area contributed by atoms with Crippen LogP contribution in [0.3, 0.4) is 0 Å². The molecule has 1 atom stereocenters. The van der Waals surface area contributed by atoms with Crippen molar-refractivity contribution in [1.29, 1.82) is 0 Å². The first-order chi connectivity index (χ1) is 14.7. The van der Waals surface area contributed by atoms with Crippen molar-refractivity contribution in [3.05, 3.63) is 60.2 Å². The van der Waals surface area contributed by atoms with E-state index < -0.39 is 15.9 Å². The van der Waals surface area contributed by atoms with Crippen LogP contribution >= 0.6 is 0 Å². The van der Waals surface area contributed by atoms with Gasteiger partial charge in [-0.15, -0.1) is 0 Å². The third kappa shape index (κ3) is 5.51. The Hall–Kier alpha value is -2.71.